The second-order valence-corrected chi connectivity index (χ2v) is 4.10. The molecule has 0 spiro atoms. The standard InChI is InChI=1S/C7H6O6S.C2H3N/c8-6-2-1-4(14(11,12)13)3-5(6)7(9)10;1-2-3/h1-3,8H,(H,9,10)(H,11,12,13);1H3. The van der Waals surface area contributed by atoms with Crippen LogP contribution >= 0.6 is 0 Å². The van der Waals surface area contributed by atoms with Gasteiger partial charge in [0.2, 0.25) is 0 Å². The van der Waals surface area contributed by atoms with Gasteiger partial charge in [0, 0.05) is 6.92 Å². The third-order valence-corrected chi connectivity index (χ3v) is 2.35. The second kappa shape index (κ2) is 5.83. The Hall–Kier alpha value is -2.11. The van der Waals surface area contributed by atoms with Crippen LogP contribution in [0.25, 0.3) is 0 Å². The summed E-state index contributed by atoms with van der Waals surface area (Å²) in [6.45, 7) is 1.43. The summed E-state index contributed by atoms with van der Waals surface area (Å²) in [5.41, 5.74) is -0.583. The molecule has 0 fully saturated rings. The Kier molecular flexibility index (Phi) is 5.11. The first kappa shape index (κ1) is 14.9. The summed E-state index contributed by atoms with van der Waals surface area (Å²) in [6, 6.07) is 4.21. The molecule has 1 aromatic rings. The molecular weight excluding hydrogens is 250 g/mol. The van der Waals surface area contributed by atoms with Crippen LogP contribution in [0.1, 0.15) is 17.3 Å². The van der Waals surface area contributed by atoms with Crippen LogP contribution in [0.4, 0.5) is 0 Å². The first-order valence-corrected chi connectivity index (χ1v) is 5.52. The minimum atomic E-state index is -4.45. The Balaban J connectivity index is 0.000000770. The van der Waals surface area contributed by atoms with E-state index in [1.54, 1.807) is 6.07 Å². The molecule has 0 saturated carbocycles. The maximum Gasteiger partial charge on any atom is 0.339 e. The topological polar surface area (TPSA) is 136 Å². The second-order valence-electron chi connectivity index (χ2n) is 2.68. The molecule has 3 N–H and O–H groups in total. The van der Waals surface area contributed by atoms with Crippen LogP contribution in [0.5, 0.6) is 5.75 Å². The van der Waals surface area contributed by atoms with Gasteiger partial charge in [0.1, 0.15) is 11.3 Å². The number of phenols is 1. The fourth-order valence-corrected chi connectivity index (χ4v) is 1.35. The van der Waals surface area contributed by atoms with E-state index in [4.69, 9.17) is 20.0 Å². The predicted molar refractivity (Wildman–Crippen MR) is 56.2 cm³/mol. The molecule has 0 aliphatic carbocycles. The molecule has 8 heteroatoms. The van der Waals surface area contributed by atoms with Gasteiger partial charge in [-0.2, -0.15) is 13.7 Å². The molecule has 0 aliphatic heterocycles. The fraction of sp³-hybridized carbons (Fsp3) is 0.111. The highest BCUT2D eigenvalue weighted by atomic mass is 32.2. The molecule has 0 amide bonds. The van der Waals surface area contributed by atoms with Crippen molar-refractivity contribution in [1.29, 1.82) is 5.26 Å². The van der Waals surface area contributed by atoms with Gasteiger partial charge < -0.3 is 10.2 Å². The Labute approximate surface area is 97.3 Å². The van der Waals surface area contributed by atoms with Crippen molar-refractivity contribution in [2.24, 2.45) is 0 Å². The number of carboxylic acids is 1. The van der Waals surface area contributed by atoms with Gasteiger partial charge in [-0.3, -0.25) is 4.55 Å². The van der Waals surface area contributed by atoms with Crippen molar-refractivity contribution in [1.82, 2.24) is 0 Å². The molecule has 0 saturated heterocycles. The van der Waals surface area contributed by atoms with E-state index in [1.165, 1.54) is 6.92 Å². The van der Waals surface area contributed by atoms with Crippen molar-refractivity contribution in [3.8, 4) is 11.8 Å². The van der Waals surface area contributed by atoms with E-state index in [0.29, 0.717) is 6.07 Å². The van der Waals surface area contributed by atoms with Crippen molar-refractivity contribution < 1.29 is 28.0 Å². The van der Waals surface area contributed by atoms with E-state index in [9.17, 15) is 13.2 Å². The highest BCUT2D eigenvalue weighted by molar-refractivity contribution is 7.85. The molecule has 92 valence electrons. The molecule has 0 aliphatic rings. The maximum atomic E-state index is 10.6. The molecule has 0 unspecified atom stereocenters. The normalized spacial score (nSPS) is 9.71. The minimum absolute atomic E-state index is 0.565. The third-order valence-electron chi connectivity index (χ3n) is 1.50. The summed E-state index contributed by atoms with van der Waals surface area (Å²) >= 11 is 0. The number of nitrogens with zero attached hydrogens (tertiary/aromatic N) is 1. The van der Waals surface area contributed by atoms with Crippen LogP contribution < -0.4 is 0 Å². The average Bonchev–Trinajstić information content (AvgIpc) is 2.17. The number of aromatic carboxylic acids is 1. The van der Waals surface area contributed by atoms with Crippen LogP contribution in [0, 0.1) is 11.3 Å². The van der Waals surface area contributed by atoms with Crippen LogP contribution in [-0.4, -0.2) is 29.2 Å². The van der Waals surface area contributed by atoms with Crippen LogP contribution in [-0.2, 0) is 10.1 Å². The Morgan fingerprint density at radius 1 is 1.41 bits per heavy atom. The highest BCUT2D eigenvalue weighted by Gasteiger charge is 2.16. The Bertz CT molecular complexity index is 557. The van der Waals surface area contributed by atoms with E-state index < -0.39 is 32.3 Å². The monoisotopic (exact) mass is 259 g/mol. The molecule has 1 aromatic carbocycles. The third kappa shape index (κ3) is 4.50. The predicted octanol–water partition coefficient (Wildman–Crippen LogP) is 0.867. The van der Waals surface area contributed by atoms with Gasteiger partial charge in [-0.05, 0) is 18.2 Å². The lowest BCUT2D eigenvalue weighted by molar-refractivity contribution is 0.0693. The van der Waals surface area contributed by atoms with Gasteiger partial charge in [-0.15, -0.1) is 0 Å². The largest absolute Gasteiger partial charge is 0.507 e. The zero-order chi connectivity index (χ0) is 13.6. The summed E-state index contributed by atoms with van der Waals surface area (Å²) in [5.74, 6) is -2.04. The van der Waals surface area contributed by atoms with E-state index in [0.717, 1.165) is 12.1 Å². The van der Waals surface area contributed by atoms with Crippen molar-refractivity contribution in [2.75, 3.05) is 0 Å². The van der Waals surface area contributed by atoms with Crippen molar-refractivity contribution in [3.05, 3.63) is 23.8 Å². The van der Waals surface area contributed by atoms with Crippen molar-refractivity contribution in [3.63, 3.8) is 0 Å². The molecule has 17 heavy (non-hydrogen) atoms. The number of hydrogen-bond acceptors (Lipinski definition) is 5. The van der Waals surface area contributed by atoms with Gasteiger partial charge in [0.25, 0.3) is 10.1 Å². The molecule has 1 rings (SSSR count). The number of nitriles is 1. The molecule has 0 aromatic heterocycles. The summed E-state index contributed by atoms with van der Waals surface area (Å²) in [6.07, 6.45) is 0. The van der Waals surface area contributed by atoms with Gasteiger partial charge in [-0.25, -0.2) is 4.79 Å². The zero-order valence-electron chi connectivity index (χ0n) is 8.65. The van der Waals surface area contributed by atoms with E-state index in [1.807, 2.05) is 0 Å². The number of hydrogen-bond donors (Lipinski definition) is 3. The fourth-order valence-electron chi connectivity index (χ4n) is 0.847. The molecule has 0 radical (unpaired) electrons. The quantitative estimate of drug-likeness (QED) is 0.670. The van der Waals surface area contributed by atoms with E-state index >= 15 is 0 Å². The number of carbonyl (C=O) groups is 1. The minimum Gasteiger partial charge on any atom is -0.507 e. The van der Waals surface area contributed by atoms with Gasteiger partial charge in [-0.1, -0.05) is 0 Å². The summed E-state index contributed by atoms with van der Waals surface area (Å²) in [4.78, 5) is 9.89. The SMILES string of the molecule is CC#N.O=C(O)c1cc(S(=O)(=O)O)ccc1O. The van der Waals surface area contributed by atoms with E-state index in [-0.39, 0.29) is 0 Å². The summed E-state index contributed by atoms with van der Waals surface area (Å²) in [7, 11) is -4.45. The lowest BCUT2D eigenvalue weighted by atomic mass is 10.2. The summed E-state index contributed by atoms with van der Waals surface area (Å²) < 4.78 is 29.8. The van der Waals surface area contributed by atoms with E-state index in [2.05, 4.69) is 0 Å². The number of carboxylic acid groups (broad SMARTS) is 1. The van der Waals surface area contributed by atoms with Crippen molar-refractivity contribution in [2.45, 2.75) is 11.8 Å². The Morgan fingerprint density at radius 3 is 2.24 bits per heavy atom. The van der Waals surface area contributed by atoms with Crippen molar-refractivity contribution >= 4 is 16.1 Å². The smallest absolute Gasteiger partial charge is 0.339 e. The average molecular weight is 259 g/mol. The number of aromatic hydroxyl groups is 1. The van der Waals surface area contributed by atoms with Gasteiger partial charge in [0.15, 0.2) is 0 Å². The molecule has 0 atom stereocenters. The van der Waals surface area contributed by atoms with Crippen LogP contribution in [0.2, 0.25) is 0 Å². The van der Waals surface area contributed by atoms with Crippen LogP contribution in [0.15, 0.2) is 23.1 Å². The molecular formula is C9H9NO6S. The lowest BCUT2D eigenvalue weighted by Crippen LogP contribution is -2.02. The number of benzene rings is 1. The zero-order valence-corrected chi connectivity index (χ0v) is 9.47. The van der Waals surface area contributed by atoms with Gasteiger partial charge in [0.05, 0.1) is 11.0 Å². The molecule has 0 bridgehead atoms. The van der Waals surface area contributed by atoms with Crippen LogP contribution in [0.3, 0.4) is 0 Å². The highest BCUT2D eigenvalue weighted by Crippen LogP contribution is 2.20. The molecule has 7 nitrogen and oxygen atoms in total. The summed E-state index contributed by atoms with van der Waals surface area (Å²) in [5, 5.41) is 24.9. The Morgan fingerprint density at radius 2 is 1.88 bits per heavy atom. The maximum absolute atomic E-state index is 10.6. The van der Waals surface area contributed by atoms with Gasteiger partial charge >= 0.3 is 5.97 Å². The lowest BCUT2D eigenvalue weighted by Gasteiger charge is -2.01. The molecule has 0 heterocycles. The number of rotatable bonds is 2. The first-order valence-electron chi connectivity index (χ1n) is 4.08. The first-order chi connectivity index (χ1) is 7.73.